The van der Waals surface area contributed by atoms with Crippen LogP contribution in [0.5, 0.6) is 5.75 Å². The van der Waals surface area contributed by atoms with Gasteiger partial charge in [0.15, 0.2) is 5.76 Å². The number of aromatic nitrogens is 2. The summed E-state index contributed by atoms with van der Waals surface area (Å²) in [7, 11) is 0. The highest BCUT2D eigenvalue weighted by atomic mass is 16.5. The number of anilines is 1. The first kappa shape index (κ1) is 16.1. The lowest BCUT2D eigenvalue weighted by Crippen LogP contribution is -1.96. The Hall–Kier alpha value is -2.82. The molecule has 0 saturated carbocycles. The Bertz CT molecular complexity index is 781. The lowest BCUT2D eigenvalue weighted by molar-refractivity contribution is 0.309. The molecule has 5 nitrogen and oxygen atoms in total. The predicted octanol–water partition coefficient (Wildman–Crippen LogP) is 4.09. The Labute approximate surface area is 141 Å². The summed E-state index contributed by atoms with van der Waals surface area (Å²) in [6, 6.07) is 13.7. The van der Waals surface area contributed by atoms with Gasteiger partial charge in [0.2, 0.25) is 0 Å². The number of benzene rings is 1. The van der Waals surface area contributed by atoms with E-state index in [1.54, 1.807) is 6.20 Å². The van der Waals surface area contributed by atoms with Gasteiger partial charge in [-0.15, -0.1) is 0 Å². The zero-order valence-electron chi connectivity index (χ0n) is 13.7. The van der Waals surface area contributed by atoms with Gasteiger partial charge in [0.25, 0.3) is 0 Å². The third kappa shape index (κ3) is 3.93. The van der Waals surface area contributed by atoms with Gasteiger partial charge in [-0.25, -0.2) is 4.98 Å². The highest BCUT2D eigenvalue weighted by Crippen LogP contribution is 2.25. The molecule has 1 aromatic carbocycles. The van der Waals surface area contributed by atoms with Crippen molar-refractivity contribution in [2.24, 2.45) is 0 Å². The van der Waals surface area contributed by atoms with E-state index < -0.39 is 0 Å². The molecule has 0 aliphatic carbocycles. The van der Waals surface area contributed by atoms with Crippen molar-refractivity contribution >= 4 is 5.82 Å². The summed E-state index contributed by atoms with van der Waals surface area (Å²) in [6.45, 7) is 2.91. The molecule has 0 bridgehead atoms. The van der Waals surface area contributed by atoms with Crippen LogP contribution >= 0.6 is 0 Å². The molecule has 24 heavy (non-hydrogen) atoms. The van der Waals surface area contributed by atoms with Crippen LogP contribution in [0.15, 0.2) is 53.2 Å². The SMILES string of the molecule is CCCCOc1ccc(Cc2cc(-c3cccnc3N)on2)cc1. The number of nitrogens with zero attached hydrogens (tertiary/aromatic N) is 2. The Morgan fingerprint density at radius 3 is 2.75 bits per heavy atom. The van der Waals surface area contributed by atoms with Crippen LogP contribution in [0, 0.1) is 0 Å². The Morgan fingerprint density at radius 1 is 1.17 bits per heavy atom. The third-order valence-electron chi connectivity index (χ3n) is 3.74. The summed E-state index contributed by atoms with van der Waals surface area (Å²) in [5.41, 5.74) is 8.63. The average molecular weight is 323 g/mol. The van der Waals surface area contributed by atoms with Crippen LogP contribution in [-0.4, -0.2) is 16.7 Å². The van der Waals surface area contributed by atoms with E-state index in [2.05, 4.69) is 17.1 Å². The molecule has 3 rings (SSSR count). The fourth-order valence-corrected chi connectivity index (χ4v) is 2.39. The third-order valence-corrected chi connectivity index (χ3v) is 3.74. The number of hydrogen-bond donors (Lipinski definition) is 1. The Balaban J connectivity index is 1.65. The molecule has 2 heterocycles. The average Bonchev–Trinajstić information content (AvgIpc) is 3.05. The molecule has 0 saturated heterocycles. The van der Waals surface area contributed by atoms with Crippen LogP contribution < -0.4 is 10.5 Å². The van der Waals surface area contributed by atoms with Crippen LogP contribution in [-0.2, 0) is 6.42 Å². The van der Waals surface area contributed by atoms with E-state index in [1.807, 2.05) is 42.5 Å². The molecule has 0 aliphatic rings. The van der Waals surface area contributed by atoms with Gasteiger partial charge in [0, 0.05) is 18.7 Å². The number of pyridine rings is 1. The van der Waals surface area contributed by atoms with Gasteiger partial charge in [-0.2, -0.15) is 0 Å². The van der Waals surface area contributed by atoms with Gasteiger partial charge in [-0.1, -0.05) is 30.6 Å². The van der Waals surface area contributed by atoms with Crippen molar-refractivity contribution in [2.75, 3.05) is 12.3 Å². The van der Waals surface area contributed by atoms with Gasteiger partial charge in [0.1, 0.15) is 11.6 Å². The van der Waals surface area contributed by atoms with E-state index in [4.69, 9.17) is 15.0 Å². The van der Waals surface area contributed by atoms with Gasteiger partial charge in [0.05, 0.1) is 17.9 Å². The molecule has 124 valence electrons. The maximum atomic E-state index is 5.87. The van der Waals surface area contributed by atoms with Crippen molar-refractivity contribution in [1.82, 2.24) is 10.1 Å². The molecule has 0 fully saturated rings. The van der Waals surface area contributed by atoms with Crippen LogP contribution in [0.25, 0.3) is 11.3 Å². The summed E-state index contributed by atoms with van der Waals surface area (Å²) in [6.07, 6.45) is 4.55. The van der Waals surface area contributed by atoms with E-state index >= 15 is 0 Å². The van der Waals surface area contributed by atoms with E-state index in [1.165, 1.54) is 0 Å². The Morgan fingerprint density at radius 2 is 2.00 bits per heavy atom. The molecule has 0 unspecified atom stereocenters. The van der Waals surface area contributed by atoms with Crippen molar-refractivity contribution in [3.8, 4) is 17.1 Å². The summed E-state index contributed by atoms with van der Waals surface area (Å²) >= 11 is 0. The molecular formula is C19H21N3O2. The molecule has 0 amide bonds. The van der Waals surface area contributed by atoms with Crippen molar-refractivity contribution < 1.29 is 9.26 Å². The highest BCUT2D eigenvalue weighted by molar-refractivity contribution is 5.69. The quantitative estimate of drug-likeness (QED) is 0.663. The standard InChI is InChI=1S/C19H21N3O2/c1-2-3-11-23-16-8-6-14(7-9-16)12-15-13-18(24-22-15)17-5-4-10-21-19(17)20/h4-10,13H,2-3,11-12H2,1H3,(H2,20,21). The summed E-state index contributed by atoms with van der Waals surface area (Å²) in [4.78, 5) is 4.07. The van der Waals surface area contributed by atoms with Crippen LogP contribution in [0.2, 0.25) is 0 Å². The summed E-state index contributed by atoms with van der Waals surface area (Å²) in [5, 5.41) is 4.12. The van der Waals surface area contributed by atoms with Crippen molar-refractivity contribution in [3.63, 3.8) is 0 Å². The van der Waals surface area contributed by atoms with E-state index in [0.717, 1.165) is 42.0 Å². The minimum absolute atomic E-state index is 0.439. The lowest BCUT2D eigenvalue weighted by atomic mass is 10.1. The maximum Gasteiger partial charge on any atom is 0.170 e. The van der Waals surface area contributed by atoms with Gasteiger partial charge in [-0.3, -0.25) is 0 Å². The van der Waals surface area contributed by atoms with Crippen molar-refractivity contribution in [1.29, 1.82) is 0 Å². The van der Waals surface area contributed by atoms with Gasteiger partial charge in [-0.05, 0) is 36.2 Å². The number of ether oxygens (including phenoxy) is 1. The van der Waals surface area contributed by atoms with Crippen LogP contribution in [0.1, 0.15) is 31.0 Å². The van der Waals surface area contributed by atoms with E-state index in [-0.39, 0.29) is 0 Å². The van der Waals surface area contributed by atoms with E-state index in [0.29, 0.717) is 18.0 Å². The smallest absolute Gasteiger partial charge is 0.170 e. The number of unbranched alkanes of at least 4 members (excludes halogenated alkanes) is 1. The van der Waals surface area contributed by atoms with Crippen LogP contribution in [0.4, 0.5) is 5.82 Å². The normalized spacial score (nSPS) is 10.7. The summed E-state index contributed by atoms with van der Waals surface area (Å²) in [5.74, 6) is 1.97. The molecule has 0 spiro atoms. The number of hydrogen-bond acceptors (Lipinski definition) is 5. The zero-order valence-corrected chi connectivity index (χ0v) is 13.7. The second-order valence-electron chi connectivity index (χ2n) is 5.64. The second-order valence-corrected chi connectivity index (χ2v) is 5.64. The predicted molar refractivity (Wildman–Crippen MR) is 93.8 cm³/mol. The molecular weight excluding hydrogens is 302 g/mol. The summed E-state index contributed by atoms with van der Waals surface area (Å²) < 4.78 is 11.1. The first-order valence-electron chi connectivity index (χ1n) is 8.14. The van der Waals surface area contributed by atoms with Crippen molar-refractivity contribution in [3.05, 3.63) is 59.9 Å². The highest BCUT2D eigenvalue weighted by Gasteiger charge is 2.10. The number of nitrogen functional groups attached to an aromatic ring is 1. The van der Waals surface area contributed by atoms with Crippen LogP contribution in [0.3, 0.4) is 0 Å². The molecule has 2 aromatic heterocycles. The van der Waals surface area contributed by atoms with Gasteiger partial charge >= 0.3 is 0 Å². The van der Waals surface area contributed by atoms with E-state index in [9.17, 15) is 0 Å². The monoisotopic (exact) mass is 323 g/mol. The molecule has 0 radical (unpaired) electrons. The second kappa shape index (κ2) is 7.64. The molecule has 3 aromatic rings. The Kier molecular flexibility index (Phi) is 5.11. The lowest BCUT2D eigenvalue weighted by Gasteiger charge is -2.05. The minimum atomic E-state index is 0.439. The molecule has 2 N–H and O–H groups in total. The number of nitrogens with two attached hydrogens (primary N) is 1. The number of rotatable bonds is 7. The molecule has 0 atom stereocenters. The van der Waals surface area contributed by atoms with Crippen molar-refractivity contribution in [2.45, 2.75) is 26.2 Å². The molecule has 0 aliphatic heterocycles. The minimum Gasteiger partial charge on any atom is -0.494 e. The largest absolute Gasteiger partial charge is 0.494 e. The first-order valence-corrected chi connectivity index (χ1v) is 8.14. The molecule has 5 heteroatoms. The topological polar surface area (TPSA) is 74.2 Å². The fourth-order valence-electron chi connectivity index (χ4n) is 2.39. The fraction of sp³-hybridized carbons (Fsp3) is 0.263. The maximum absolute atomic E-state index is 5.87. The van der Waals surface area contributed by atoms with Gasteiger partial charge < -0.3 is 15.0 Å². The zero-order chi connectivity index (χ0) is 16.8. The first-order chi connectivity index (χ1) is 11.8.